The van der Waals surface area contributed by atoms with Crippen LogP contribution in [0.4, 0.5) is 13.6 Å². The number of aromatic nitrogens is 2. The monoisotopic (exact) mass is 862 g/mol. The number of nitrogens with one attached hydrogen (secondary N) is 3. The molecule has 4 aliphatic rings. The largest absolute Gasteiger partial charge is 0.497 e. The molecule has 1 saturated heterocycles. The zero-order valence-electron chi connectivity index (χ0n) is 35.9. The van der Waals surface area contributed by atoms with Crippen molar-refractivity contribution in [2.24, 2.45) is 17.3 Å². The zero-order valence-corrected chi connectivity index (χ0v) is 36.7. The van der Waals surface area contributed by atoms with Crippen LogP contribution in [0.15, 0.2) is 18.2 Å². The molecule has 6 rings (SSSR count). The minimum Gasteiger partial charge on any atom is -0.497 e. The molecule has 1 aromatic carbocycles. The van der Waals surface area contributed by atoms with Gasteiger partial charge in [-0.15, -0.1) is 0 Å². The molecule has 2 bridgehead atoms. The van der Waals surface area contributed by atoms with E-state index < -0.39 is 98.0 Å². The number of carbonyl (C=O) groups is 4. The Bertz CT molecular complexity index is 2100. The van der Waals surface area contributed by atoms with Gasteiger partial charge >= 0.3 is 6.09 Å². The lowest BCUT2D eigenvalue weighted by molar-refractivity contribution is -0.144. The molecular weight excluding hydrogens is 803 g/mol. The molecule has 15 nitrogen and oxygen atoms in total. The molecule has 2 aliphatic heterocycles. The number of alkyl carbamates (subject to hydrolysis) is 1. The molecule has 7 atom stereocenters. The molecule has 0 unspecified atom stereocenters. The van der Waals surface area contributed by atoms with Gasteiger partial charge in [-0.05, 0) is 82.8 Å². The van der Waals surface area contributed by atoms with Crippen molar-refractivity contribution in [1.82, 2.24) is 30.2 Å². The highest BCUT2D eigenvalue weighted by Crippen LogP contribution is 2.49. The van der Waals surface area contributed by atoms with Gasteiger partial charge in [0.25, 0.3) is 5.91 Å². The maximum Gasteiger partial charge on any atom is 0.408 e. The van der Waals surface area contributed by atoms with Crippen LogP contribution in [-0.2, 0) is 35.6 Å². The van der Waals surface area contributed by atoms with Crippen LogP contribution >= 0.6 is 0 Å². The lowest BCUT2D eigenvalue weighted by Crippen LogP contribution is -2.61. The summed E-state index contributed by atoms with van der Waals surface area (Å²) >= 11 is 0. The zero-order chi connectivity index (χ0) is 44.0. The highest BCUT2D eigenvalue weighted by molar-refractivity contribution is 7.91. The summed E-state index contributed by atoms with van der Waals surface area (Å²) < 4.78 is 73.7. The normalized spacial score (nSPS) is 30.1. The average molecular weight is 863 g/mol. The number of halogens is 2. The van der Waals surface area contributed by atoms with Gasteiger partial charge in [0.2, 0.25) is 34.1 Å². The van der Waals surface area contributed by atoms with Gasteiger partial charge < -0.3 is 29.7 Å². The molecule has 1 aromatic heterocycles. The number of sulfonamides is 1. The summed E-state index contributed by atoms with van der Waals surface area (Å²) in [5.74, 6) is -4.67. The van der Waals surface area contributed by atoms with Crippen molar-refractivity contribution in [3.05, 3.63) is 23.9 Å². The Balaban J connectivity index is 1.40. The molecule has 2 aliphatic carbocycles. The van der Waals surface area contributed by atoms with E-state index in [1.54, 1.807) is 45.9 Å². The van der Waals surface area contributed by atoms with Crippen LogP contribution < -0.4 is 24.8 Å². The Morgan fingerprint density at radius 3 is 2.35 bits per heavy atom. The molecule has 0 spiro atoms. The highest BCUT2D eigenvalue weighted by Gasteiger charge is 2.67. The standard InChI is InChI=1S/C42H60F2N6O9S/c1-9-40(6)18-14-12-10-11-13-15-28-35(46-29-21-25(57-8)16-17-27(29)45-28)58-30-23-50(36(52)32(39(3,4)5)47-38(54)59-40)31(24(30)2)34(51)48-42(22-26(42)33(43)44)37(53)49-60(55,56)41(7)19-20-41/h16-17,21,24,26,30-33H,9-15,18-20,22-23H2,1-8H3,(H,47,54)(H,48,51)(H,49,53)/t24-,26+,30+,31+,32-,40-,42-/m1/s1. The van der Waals surface area contributed by atoms with E-state index in [2.05, 4.69) is 10.6 Å². The summed E-state index contributed by atoms with van der Waals surface area (Å²) in [4.78, 5) is 67.9. The number of alkyl halides is 2. The van der Waals surface area contributed by atoms with Crippen molar-refractivity contribution in [2.45, 2.75) is 160 Å². The third-order valence-corrected chi connectivity index (χ3v) is 15.2. The first-order valence-electron chi connectivity index (χ1n) is 21.1. The summed E-state index contributed by atoms with van der Waals surface area (Å²) in [6.07, 6.45) is 1.25. The third-order valence-electron chi connectivity index (χ3n) is 13.0. The molecule has 0 radical (unpaired) electrons. The summed E-state index contributed by atoms with van der Waals surface area (Å²) in [5, 5.41) is 5.26. The van der Waals surface area contributed by atoms with Gasteiger partial charge in [-0.2, -0.15) is 0 Å². The molecule has 18 heteroatoms. The lowest BCUT2D eigenvalue weighted by atomic mass is 9.85. The van der Waals surface area contributed by atoms with Gasteiger partial charge in [0, 0.05) is 12.0 Å². The van der Waals surface area contributed by atoms with Gasteiger partial charge in [0.05, 0.1) is 35.4 Å². The average Bonchev–Trinajstić information content (AvgIpc) is 4.08. The number of aryl methyl sites for hydroxylation is 1. The quantitative estimate of drug-likeness (QED) is 0.300. The minimum atomic E-state index is -4.25. The Morgan fingerprint density at radius 1 is 1.05 bits per heavy atom. The predicted molar refractivity (Wildman–Crippen MR) is 218 cm³/mol. The first-order valence-corrected chi connectivity index (χ1v) is 22.5. The first-order chi connectivity index (χ1) is 28.1. The number of cyclic esters (lactones) is 1. The summed E-state index contributed by atoms with van der Waals surface area (Å²) in [5.41, 5.74) is -2.31. The molecule has 60 heavy (non-hydrogen) atoms. The van der Waals surface area contributed by atoms with Crippen LogP contribution in [0.25, 0.3) is 11.0 Å². The van der Waals surface area contributed by atoms with E-state index in [4.69, 9.17) is 24.2 Å². The van der Waals surface area contributed by atoms with Crippen LogP contribution in [0.5, 0.6) is 11.6 Å². The van der Waals surface area contributed by atoms with E-state index in [1.165, 1.54) is 18.9 Å². The predicted octanol–water partition coefficient (Wildman–Crippen LogP) is 5.58. The van der Waals surface area contributed by atoms with Crippen LogP contribution in [0.2, 0.25) is 0 Å². The van der Waals surface area contributed by atoms with Crippen LogP contribution in [0.3, 0.4) is 0 Å². The number of amides is 4. The number of rotatable bonds is 8. The smallest absolute Gasteiger partial charge is 0.408 e. The molecule has 2 aromatic rings. The van der Waals surface area contributed by atoms with E-state index in [9.17, 15) is 36.4 Å². The van der Waals surface area contributed by atoms with E-state index in [1.807, 2.05) is 18.6 Å². The number of hydrogen-bond donors (Lipinski definition) is 3. The number of ether oxygens (including phenoxy) is 3. The van der Waals surface area contributed by atoms with Gasteiger partial charge in [0.1, 0.15) is 40.8 Å². The maximum absolute atomic E-state index is 14.9. The number of methoxy groups -OCH3 is 1. The molecular formula is C42H60F2N6O9S. The molecule has 332 valence electrons. The second kappa shape index (κ2) is 16.8. The molecule has 2 saturated carbocycles. The summed E-state index contributed by atoms with van der Waals surface area (Å²) in [7, 11) is -2.72. The fourth-order valence-electron chi connectivity index (χ4n) is 8.23. The van der Waals surface area contributed by atoms with Gasteiger partial charge in [-0.3, -0.25) is 19.1 Å². The third kappa shape index (κ3) is 9.27. The van der Waals surface area contributed by atoms with Crippen LogP contribution in [0.1, 0.15) is 118 Å². The highest BCUT2D eigenvalue weighted by atomic mass is 32.2. The van der Waals surface area contributed by atoms with Crippen molar-refractivity contribution in [3.63, 3.8) is 0 Å². The number of fused-ring (bicyclic) bond motifs is 4. The number of benzene rings is 1. The Hall–Kier alpha value is -4.35. The maximum atomic E-state index is 14.9. The fourth-order valence-corrected chi connectivity index (χ4v) is 9.54. The van der Waals surface area contributed by atoms with Crippen molar-refractivity contribution in [1.29, 1.82) is 0 Å². The summed E-state index contributed by atoms with van der Waals surface area (Å²) in [6.45, 7) is 11.9. The summed E-state index contributed by atoms with van der Waals surface area (Å²) in [6, 6.07) is 2.64. The molecule has 3 heterocycles. The van der Waals surface area contributed by atoms with Gasteiger partial charge in [-0.25, -0.2) is 32.0 Å². The minimum absolute atomic E-state index is 0.196. The van der Waals surface area contributed by atoms with Crippen molar-refractivity contribution in [3.8, 4) is 11.6 Å². The molecule has 3 fully saturated rings. The second-order valence-electron chi connectivity index (χ2n) is 18.7. The van der Waals surface area contributed by atoms with Crippen molar-refractivity contribution >= 4 is 44.9 Å². The number of nitrogens with zero attached hydrogens (tertiary/aromatic N) is 3. The van der Waals surface area contributed by atoms with Crippen molar-refractivity contribution in [2.75, 3.05) is 13.7 Å². The van der Waals surface area contributed by atoms with E-state index in [0.717, 1.165) is 32.1 Å². The topological polar surface area (TPSA) is 195 Å². The number of hydrogen-bond acceptors (Lipinski definition) is 11. The first kappa shape index (κ1) is 45.2. The van der Waals surface area contributed by atoms with E-state index in [0.29, 0.717) is 41.7 Å². The van der Waals surface area contributed by atoms with Gasteiger partial charge in [0.15, 0.2) is 0 Å². The molecule has 4 amide bonds. The molecule has 3 N–H and O–H groups in total. The Labute approximate surface area is 350 Å². The van der Waals surface area contributed by atoms with E-state index in [-0.39, 0.29) is 25.3 Å². The SMILES string of the molecule is CC[C@]1(C)CCCCCCCc2nc3ccc(OC)cc3nc2O[C@H]2CN(C(=O)[C@H](C(C)(C)C)NC(=O)O1)[C@H](C(=O)N[C@]1(C(=O)NS(=O)(=O)C3(C)CC3)C[C@H]1C(F)F)[C@@H]2C. The lowest BCUT2D eigenvalue weighted by Gasteiger charge is -2.37. The Kier molecular flexibility index (Phi) is 12.7. The number of carbonyl (C=O) groups excluding carboxylic acids is 4. The fraction of sp³-hybridized carbons (Fsp3) is 0.714. The van der Waals surface area contributed by atoms with E-state index >= 15 is 0 Å². The second-order valence-corrected chi connectivity index (χ2v) is 20.9. The van der Waals surface area contributed by atoms with Crippen molar-refractivity contribution < 1.29 is 50.6 Å². The Morgan fingerprint density at radius 2 is 1.73 bits per heavy atom. The van der Waals surface area contributed by atoms with Gasteiger partial charge in [-0.1, -0.05) is 53.9 Å². The van der Waals surface area contributed by atoms with Crippen LogP contribution in [0, 0.1) is 17.3 Å². The van der Waals surface area contributed by atoms with Crippen LogP contribution in [-0.4, -0.2) is 101 Å².